The Balaban J connectivity index is 0.00000210. The third-order valence-corrected chi connectivity index (χ3v) is 5.57. The number of non-ortho nitro benzene ring substituents is 1. The van der Waals surface area contributed by atoms with Crippen LogP contribution < -0.4 is 10.9 Å². The highest BCUT2D eigenvalue weighted by molar-refractivity contribution is 6.06. The molecule has 0 bridgehead atoms. The fraction of sp³-hybridized carbons (Fsp3) is 0.444. The molecule has 27 heavy (non-hydrogen) atoms. The van der Waals surface area contributed by atoms with Gasteiger partial charge in [0.2, 0.25) is 5.56 Å². The van der Waals surface area contributed by atoms with Crippen LogP contribution in [0.15, 0.2) is 29.1 Å². The second-order valence-corrected chi connectivity index (χ2v) is 7.08. The summed E-state index contributed by atoms with van der Waals surface area (Å²) >= 11 is 0. The van der Waals surface area contributed by atoms with Crippen LogP contribution in [0.1, 0.15) is 23.2 Å². The molecule has 0 spiro atoms. The van der Waals surface area contributed by atoms with E-state index in [2.05, 4.69) is 10.3 Å². The number of rotatable bonds is 2. The van der Waals surface area contributed by atoms with Gasteiger partial charge in [-0.3, -0.25) is 19.7 Å². The normalized spacial score (nSPS) is 22.0. The quantitative estimate of drug-likeness (QED) is 0.599. The number of nitrogens with zero attached hydrogens (tertiary/aromatic N) is 2. The first-order valence-electron chi connectivity index (χ1n) is 8.84. The molecule has 2 aliphatic heterocycles. The van der Waals surface area contributed by atoms with E-state index in [-0.39, 0.29) is 35.1 Å². The maximum Gasteiger partial charge on any atom is 0.270 e. The second kappa shape index (κ2) is 7.66. The van der Waals surface area contributed by atoms with Gasteiger partial charge < -0.3 is 15.2 Å². The smallest absolute Gasteiger partial charge is 0.270 e. The van der Waals surface area contributed by atoms with E-state index in [0.29, 0.717) is 35.8 Å². The van der Waals surface area contributed by atoms with Crippen LogP contribution in [-0.4, -0.2) is 46.9 Å². The zero-order valence-corrected chi connectivity index (χ0v) is 15.5. The van der Waals surface area contributed by atoms with Gasteiger partial charge in [-0.2, -0.15) is 0 Å². The van der Waals surface area contributed by atoms with Crippen molar-refractivity contribution < 1.29 is 9.72 Å². The minimum absolute atomic E-state index is 0. The number of halogens is 1. The Labute approximate surface area is 161 Å². The highest BCUT2D eigenvalue weighted by Crippen LogP contribution is 2.29. The van der Waals surface area contributed by atoms with Crippen molar-refractivity contribution in [2.24, 2.45) is 11.8 Å². The Kier molecular flexibility index (Phi) is 5.48. The summed E-state index contributed by atoms with van der Waals surface area (Å²) in [5.41, 5.74) is 0.181. The van der Waals surface area contributed by atoms with Crippen LogP contribution in [0.5, 0.6) is 0 Å². The molecular weight excluding hydrogens is 372 g/mol. The molecular formula is C18H21ClN4O4. The predicted molar refractivity (Wildman–Crippen MR) is 103 cm³/mol. The van der Waals surface area contributed by atoms with Crippen molar-refractivity contribution in [1.29, 1.82) is 0 Å². The Bertz CT molecular complexity index is 931. The van der Waals surface area contributed by atoms with Crippen LogP contribution in [0.25, 0.3) is 10.9 Å². The van der Waals surface area contributed by atoms with Crippen molar-refractivity contribution in [1.82, 2.24) is 15.2 Å². The zero-order chi connectivity index (χ0) is 18.3. The molecule has 1 aromatic heterocycles. The van der Waals surface area contributed by atoms with Crippen molar-refractivity contribution in [2.75, 3.05) is 26.2 Å². The average Bonchev–Trinajstić information content (AvgIpc) is 2.98. The van der Waals surface area contributed by atoms with Crippen LogP contribution >= 0.6 is 12.4 Å². The highest BCUT2D eigenvalue weighted by atomic mass is 35.5. The molecule has 0 saturated carbocycles. The zero-order valence-electron chi connectivity index (χ0n) is 14.6. The molecule has 2 aromatic rings. The lowest BCUT2D eigenvalue weighted by Gasteiger charge is -2.21. The van der Waals surface area contributed by atoms with Gasteiger partial charge in [0.05, 0.1) is 10.5 Å². The molecule has 4 rings (SSSR count). The highest BCUT2D eigenvalue weighted by Gasteiger charge is 2.32. The first-order chi connectivity index (χ1) is 12.5. The number of nitro groups is 1. The van der Waals surface area contributed by atoms with Gasteiger partial charge in [-0.05, 0) is 43.8 Å². The first-order valence-corrected chi connectivity index (χ1v) is 8.84. The number of benzene rings is 1. The number of likely N-dealkylation sites (tertiary alicyclic amines) is 1. The van der Waals surface area contributed by atoms with E-state index in [1.54, 1.807) is 4.90 Å². The maximum atomic E-state index is 13.1. The standard InChI is InChI=1S/C18H20N4O4.ClH/c23-17-8-15(14-7-13(22(25)26)1-2-16(14)20-17)18(24)21-5-3-11-9-19-10-12(11)4-6-21;/h1-2,7-8,11-12,19H,3-6,9-10H2,(H,20,23);1H/t11-,12+;. The molecule has 8 nitrogen and oxygen atoms in total. The number of nitrogens with one attached hydrogen (secondary N) is 2. The molecule has 0 radical (unpaired) electrons. The lowest BCUT2D eigenvalue weighted by Crippen LogP contribution is -2.33. The number of nitro benzene ring substituents is 1. The molecule has 1 amide bonds. The summed E-state index contributed by atoms with van der Waals surface area (Å²) in [7, 11) is 0. The van der Waals surface area contributed by atoms with Crippen molar-refractivity contribution in [3.63, 3.8) is 0 Å². The maximum absolute atomic E-state index is 13.1. The molecule has 2 N–H and O–H groups in total. The fourth-order valence-corrected chi connectivity index (χ4v) is 4.12. The summed E-state index contributed by atoms with van der Waals surface area (Å²) in [6.07, 6.45) is 1.87. The van der Waals surface area contributed by atoms with Gasteiger partial charge in [0, 0.05) is 42.2 Å². The van der Waals surface area contributed by atoms with Crippen molar-refractivity contribution >= 4 is 34.9 Å². The first kappa shape index (κ1) is 19.3. The molecule has 0 unspecified atom stereocenters. The minimum Gasteiger partial charge on any atom is -0.339 e. The largest absolute Gasteiger partial charge is 0.339 e. The number of pyridine rings is 1. The molecule has 2 aliphatic rings. The molecule has 9 heteroatoms. The van der Waals surface area contributed by atoms with E-state index in [4.69, 9.17) is 0 Å². The number of aromatic nitrogens is 1. The number of hydrogen-bond acceptors (Lipinski definition) is 5. The summed E-state index contributed by atoms with van der Waals surface area (Å²) in [6.45, 7) is 3.27. The van der Waals surface area contributed by atoms with Gasteiger partial charge in [0.1, 0.15) is 0 Å². The Hall–Kier alpha value is -2.45. The van der Waals surface area contributed by atoms with E-state index >= 15 is 0 Å². The summed E-state index contributed by atoms with van der Waals surface area (Å²) in [5, 5.41) is 14.9. The topological polar surface area (TPSA) is 108 Å². The molecule has 0 aliphatic carbocycles. The van der Waals surface area contributed by atoms with Gasteiger partial charge in [0.25, 0.3) is 11.6 Å². The Morgan fingerprint density at radius 3 is 2.44 bits per heavy atom. The number of aromatic amines is 1. The van der Waals surface area contributed by atoms with Crippen LogP contribution in [0.4, 0.5) is 5.69 Å². The third kappa shape index (κ3) is 3.68. The number of fused-ring (bicyclic) bond motifs is 2. The van der Waals surface area contributed by atoms with Crippen LogP contribution in [-0.2, 0) is 0 Å². The lowest BCUT2D eigenvalue weighted by molar-refractivity contribution is -0.384. The van der Waals surface area contributed by atoms with Crippen molar-refractivity contribution in [3.05, 3.63) is 50.3 Å². The van der Waals surface area contributed by atoms with Gasteiger partial charge in [-0.1, -0.05) is 0 Å². The van der Waals surface area contributed by atoms with Gasteiger partial charge in [-0.25, -0.2) is 0 Å². The van der Waals surface area contributed by atoms with Crippen LogP contribution in [0, 0.1) is 22.0 Å². The number of amides is 1. The summed E-state index contributed by atoms with van der Waals surface area (Å²) in [4.78, 5) is 40.1. The molecule has 144 valence electrons. The summed E-state index contributed by atoms with van der Waals surface area (Å²) in [6, 6.07) is 5.41. The monoisotopic (exact) mass is 392 g/mol. The van der Waals surface area contributed by atoms with E-state index in [1.807, 2.05) is 0 Å². The molecule has 2 atom stereocenters. The number of H-pyrrole nitrogens is 1. The summed E-state index contributed by atoms with van der Waals surface area (Å²) in [5.74, 6) is 0.948. The molecule has 1 aromatic carbocycles. The van der Waals surface area contributed by atoms with Crippen LogP contribution in [0.2, 0.25) is 0 Å². The lowest BCUT2D eigenvalue weighted by atomic mass is 9.92. The SMILES string of the molecule is Cl.O=C(c1cc(=O)[nH]c2ccc([N+](=O)[O-])cc12)N1CC[C@@H]2CNC[C@@H]2CC1. The number of carbonyl (C=O) groups excluding carboxylic acids is 1. The van der Waals surface area contributed by atoms with Gasteiger partial charge in [-0.15, -0.1) is 12.4 Å². The van der Waals surface area contributed by atoms with E-state index in [0.717, 1.165) is 25.9 Å². The summed E-state index contributed by atoms with van der Waals surface area (Å²) < 4.78 is 0. The molecule has 2 fully saturated rings. The number of hydrogen-bond donors (Lipinski definition) is 2. The second-order valence-electron chi connectivity index (χ2n) is 7.08. The Morgan fingerprint density at radius 2 is 1.81 bits per heavy atom. The van der Waals surface area contributed by atoms with Crippen molar-refractivity contribution in [3.8, 4) is 0 Å². The van der Waals surface area contributed by atoms with E-state index in [9.17, 15) is 19.7 Å². The number of carbonyl (C=O) groups is 1. The average molecular weight is 393 g/mol. The third-order valence-electron chi connectivity index (χ3n) is 5.57. The van der Waals surface area contributed by atoms with Crippen molar-refractivity contribution in [2.45, 2.75) is 12.8 Å². The predicted octanol–water partition coefficient (Wildman–Crippen LogP) is 1.93. The van der Waals surface area contributed by atoms with E-state index < -0.39 is 4.92 Å². The molecule has 2 saturated heterocycles. The molecule has 3 heterocycles. The minimum atomic E-state index is -0.501. The van der Waals surface area contributed by atoms with Crippen LogP contribution in [0.3, 0.4) is 0 Å². The fourth-order valence-electron chi connectivity index (χ4n) is 4.12. The van der Waals surface area contributed by atoms with Gasteiger partial charge >= 0.3 is 0 Å². The van der Waals surface area contributed by atoms with E-state index in [1.165, 1.54) is 24.3 Å². The van der Waals surface area contributed by atoms with Gasteiger partial charge in [0.15, 0.2) is 0 Å². The Morgan fingerprint density at radius 1 is 1.15 bits per heavy atom.